The van der Waals surface area contributed by atoms with Crippen molar-refractivity contribution in [2.24, 2.45) is 0 Å². The smallest absolute Gasteiger partial charge is 0.229 e. The van der Waals surface area contributed by atoms with Crippen molar-refractivity contribution in [3.05, 3.63) is 12.3 Å². The number of hydrogen-bond acceptors (Lipinski definition) is 4. The number of anilines is 1. The van der Waals surface area contributed by atoms with Crippen LogP contribution in [0.2, 0.25) is 0 Å². The Hall–Kier alpha value is -1.30. The first-order valence-electron chi connectivity index (χ1n) is 6.54. The minimum atomic E-state index is 0.0604. The van der Waals surface area contributed by atoms with Crippen LogP contribution >= 0.6 is 11.8 Å². The van der Waals surface area contributed by atoms with Gasteiger partial charge in [0.05, 0.1) is 12.2 Å². The molecule has 1 aromatic heterocycles. The first kappa shape index (κ1) is 14.1. The van der Waals surface area contributed by atoms with Crippen molar-refractivity contribution >= 4 is 28.6 Å². The summed E-state index contributed by atoms with van der Waals surface area (Å²) >= 11 is 1.26. The maximum absolute atomic E-state index is 12.1. The first-order chi connectivity index (χ1) is 9.02. The second-order valence-electron chi connectivity index (χ2n) is 4.83. The zero-order valence-corrected chi connectivity index (χ0v) is 12.3. The Bertz CT molecular complexity index is 486. The Morgan fingerprint density at radius 3 is 3.00 bits per heavy atom. The maximum atomic E-state index is 12.1. The molecule has 19 heavy (non-hydrogen) atoms. The van der Waals surface area contributed by atoms with Crippen molar-refractivity contribution in [2.75, 3.05) is 11.4 Å². The Morgan fingerprint density at radius 2 is 2.37 bits per heavy atom. The fraction of sp³-hybridized carbons (Fsp3) is 0.615. The van der Waals surface area contributed by atoms with Gasteiger partial charge in [0.2, 0.25) is 5.91 Å². The molecule has 1 saturated heterocycles. The van der Waals surface area contributed by atoms with Gasteiger partial charge >= 0.3 is 0 Å². The molecule has 1 fully saturated rings. The van der Waals surface area contributed by atoms with Gasteiger partial charge in [-0.2, -0.15) is 5.10 Å². The minimum absolute atomic E-state index is 0.0604. The second kappa shape index (κ2) is 5.77. The van der Waals surface area contributed by atoms with Gasteiger partial charge in [-0.15, -0.1) is 0 Å². The van der Waals surface area contributed by atoms with Gasteiger partial charge in [0.1, 0.15) is 5.82 Å². The second-order valence-corrected chi connectivity index (χ2v) is 6.31. The molecule has 0 bridgehead atoms. The number of carbonyl (C=O) groups excluding carboxylic acids is 2. The lowest BCUT2D eigenvalue weighted by atomic mass is 10.3. The highest BCUT2D eigenvalue weighted by Crippen LogP contribution is 2.30. The van der Waals surface area contributed by atoms with Gasteiger partial charge in [0.25, 0.3) is 0 Å². The van der Waals surface area contributed by atoms with Crippen LogP contribution in [0, 0.1) is 0 Å². The molecular weight excluding hydrogens is 262 g/mol. The van der Waals surface area contributed by atoms with Gasteiger partial charge in [0.15, 0.2) is 5.12 Å². The van der Waals surface area contributed by atoms with Crippen molar-refractivity contribution in [3.8, 4) is 0 Å². The number of nitrogens with zero attached hydrogens (tertiary/aromatic N) is 3. The fourth-order valence-corrected chi connectivity index (χ4v) is 3.16. The molecule has 0 N–H and O–H groups in total. The normalized spacial score (nSPS) is 20.9. The summed E-state index contributed by atoms with van der Waals surface area (Å²) in [5.41, 5.74) is 0. The predicted octanol–water partition coefficient (Wildman–Crippen LogP) is 2.24. The van der Waals surface area contributed by atoms with Crippen LogP contribution in [0.15, 0.2) is 12.3 Å². The first-order valence-corrected chi connectivity index (χ1v) is 7.42. The van der Waals surface area contributed by atoms with E-state index in [1.807, 2.05) is 10.7 Å². The van der Waals surface area contributed by atoms with E-state index in [-0.39, 0.29) is 22.3 Å². The number of amides is 1. The lowest BCUT2D eigenvalue weighted by molar-refractivity contribution is -0.117. The summed E-state index contributed by atoms with van der Waals surface area (Å²) in [6.45, 7) is 6.31. The number of carbonyl (C=O) groups is 2. The molecule has 5 nitrogen and oxygen atoms in total. The molecule has 0 aromatic carbocycles. The van der Waals surface area contributed by atoms with Gasteiger partial charge in [-0.25, -0.2) is 4.68 Å². The molecule has 0 saturated carbocycles. The largest absolute Gasteiger partial charge is 0.296 e. The van der Waals surface area contributed by atoms with Crippen molar-refractivity contribution in [1.82, 2.24) is 9.78 Å². The molecule has 2 heterocycles. The third kappa shape index (κ3) is 3.00. The summed E-state index contributed by atoms with van der Waals surface area (Å²) in [6.07, 6.45) is 3.11. The summed E-state index contributed by atoms with van der Waals surface area (Å²) in [5, 5.41) is 4.43. The van der Waals surface area contributed by atoms with E-state index in [9.17, 15) is 9.59 Å². The lowest BCUT2D eigenvalue weighted by Gasteiger charge is -2.21. The molecule has 1 aliphatic rings. The molecule has 1 aliphatic heterocycles. The van der Waals surface area contributed by atoms with Crippen LogP contribution in [0.4, 0.5) is 5.82 Å². The Kier molecular flexibility index (Phi) is 4.29. The average molecular weight is 281 g/mol. The van der Waals surface area contributed by atoms with Gasteiger partial charge in [-0.05, 0) is 13.3 Å². The van der Waals surface area contributed by atoms with Gasteiger partial charge in [0, 0.05) is 31.2 Å². The SMILES string of the molecule is CCC(C)n1nccc1N1CC(SC(C)=O)CC1=O. The number of aromatic nitrogens is 2. The zero-order chi connectivity index (χ0) is 14.0. The van der Waals surface area contributed by atoms with Crippen molar-refractivity contribution < 1.29 is 9.59 Å². The van der Waals surface area contributed by atoms with Crippen LogP contribution in [0.1, 0.15) is 39.7 Å². The molecule has 0 spiro atoms. The molecule has 104 valence electrons. The number of thioether (sulfide) groups is 1. The molecule has 6 heteroatoms. The van der Waals surface area contributed by atoms with E-state index in [4.69, 9.17) is 0 Å². The Balaban J connectivity index is 2.16. The predicted molar refractivity (Wildman–Crippen MR) is 76.3 cm³/mol. The Labute approximate surface area is 117 Å². The minimum Gasteiger partial charge on any atom is -0.296 e. The summed E-state index contributed by atoms with van der Waals surface area (Å²) in [5.74, 6) is 0.912. The molecule has 2 atom stereocenters. The van der Waals surface area contributed by atoms with Crippen molar-refractivity contribution in [1.29, 1.82) is 0 Å². The molecule has 1 aromatic rings. The van der Waals surface area contributed by atoms with E-state index in [0.717, 1.165) is 12.2 Å². The molecule has 1 amide bonds. The van der Waals surface area contributed by atoms with E-state index < -0.39 is 0 Å². The molecule has 0 radical (unpaired) electrons. The maximum Gasteiger partial charge on any atom is 0.229 e. The van der Waals surface area contributed by atoms with Crippen LogP contribution in [0.25, 0.3) is 0 Å². The third-order valence-electron chi connectivity index (χ3n) is 3.36. The monoisotopic (exact) mass is 281 g/mol. The standard InChI is InChI=1S/C13H19N3O2S/c1-4-9(2)16-12(5-6-14-16)15-8-11(7-13(15)18)19-10(3)17/h5-6,9,11H,4,7-8H2,1-3H3. The van der Waals surface area contributed by atoms with E-state index >= 15 is 0 Å². The Morgan fingerprint density at radius 1 is 1.63 bits per heavy atom. The summed E-state index contributed by atoms with van der Waals surface area (Å²) in [7, 11) is 0. The summed E-state index contributed by atoms with van der Waals surface area (Å²) < 4.78 is 1.89. The van der Waals surface area contributed by atoms with E-state index in [2.05, 4.69) is 18.9 Å². The van der Waals surface area contributed by atoms with Gasteiger partial charge < -0.3 is 0 Å². The zero-order valence-electron chi connectivity index (χ0n) is 11.5. The topological polar surface area (TPSA) is 55.2 Å². The highest BCUT2D eigenvalue weighted by atomic mass is 32.2. The van der Waals surface area contributed by atoms with Crippen LogP contribution in [0.5, 0.6) is 0 Å². The molecule has 0 aliphatic carbocycles. The fourth-order valence-electron chi connectivity index (χ4n) is 2.24. The average Bonchev–Trinajstić information content (AvgIpc) is 2.93. The molecule has 2 unspecified atom stereocenters. The highest BCUT2D eigenvalue weighted by molar-refractivity contribution is 8.14. The van der Waals surface area contributed by atoms with Crippen molar-refractivity contribution in [2.45, 2.75) is 44.9 Å². The van der Waals surface area contributed by atoms with E-state index in [0.29, 0.717) is 13.0 Å². The van der Waals surface area contributed by atoms with E-state index in [1.54, 1.807) is 18.0 Å². The lowest BCUT2D eigenvalue weighted by Crippen LogP contribution is -2.28. The van der Waals surface area contributed by atoms with E-state index in [1.165, 1.54) is 11.8 Å². The summed E-state index contributed by atoms with van der Waals surface area (Å²) in [4.78, 5) is 25.0. The number of rotatable bonds is 4. The third-order valence-corrected chi connectivity index (χ3v) is 4.34. The van der Waals surface area contributed by atoms with Gasteiger partial charge in [-0.1, -0.05) is 18.7 Å². The van der Waals surface area contributed by atoms with Crippen molar-refractivity contribution in [3.63, 3.8) is 0 Å². The number of hydrogen-bond donors (Lipinski definition) is 0. The highest BCUT2D eigenvalue weighted by Gasteiger charge is 2.33. The van der Waals surface area contributed by atoms with Crippen LogP contribution in [-0.4, -0.2) is 32.6 Å². The quantitative estimate of drug-likeness (QED) is 0.849. The molecule has 2 rings (SSSR count). The van der Waals surface area contributed by atoms with Gasteiger partial charge in [-0.3, -0.25) is 14.5 Å². The van der Waals surface area contributed by atoms with Crippen LogP contribution in [0.3, 0.4) is 0 Å². The summed E-state index contributed by atoms with van der Waals surface area (Å²) in [6, 6.07) is 2.13. The molecular formula is C13H19N3O2S. The van der Waals surface area contributed by atoms with Crippen LogP contribution in [-0.2, 0) is 9.59 Å². The van der Waals surface area contributed by atoms with Crippen LogP contribution < -0.4 is 4.90 Å².